The molecular formula is C45H34N4O. The largest absolute Gasteiger partial charge is 0.328 e. The van der Waals surface area contributed by atoms with Crippen LogP contribution in [0.2, 0.25) is 0 Å². The van der Waals surface area contributed by atoms with E-state index in [9.17, 15) is 4.79 Å². The lowest BCUT2D eigenvalue weighted by molar-refractivity contribution is 0.795. The predicted molar refractivity (Wildman–Crippen MR) is 207 cm³/mol. The Morgan fingerprint density at radius 2 is 1.08 bits per heavy atom. The molecule has 0 atom stereocenters. The number of hydrogen-bond donors (Lipinski definition) is 0. The summed E-state index contributed by atoms with van der Waals surface area (Å²) < 4.78 is 3.43. The third-order valence-corrected chi connectivity index (χ3v) is 9.99. The fourth-order valence-corrected chi connectivity index (χ4v) is 7.51. The summed E-state index contributed by atoms with van der Waals surface area (Å²) in [6.45, 7) is 0. The first kappa shape index (κ1) is 29.8. The van der Waals surface area contributed by atoms with Gasteiger partial charge in [0.25, 0.3) is 0 Å². The highest BCUT2D eigenvalue weighted by molar-refractivity contribution is 6.21. The minimum Gasteiger partial charge on any atom is -0.295 e. The summed E-state index contributed by atoms with van der Waals surface area (Å²) in [4.78, 5) is 23.0. The van der Waals surface area contributed by atoms with Crippen LogP contribution in [-0.4, -0.2) is 19.1 Å². The number of hydrogen-bond acceptors (Lipinski definition) is 3. The average molecular weight is 647 g/mol. The topological polar surface area (TPSA) is 52.7 Å². The Morgan fingerprint density at radius 3 is 1.72 bits per heavy atom. The summed E-state index contributed by atoms with van der Waals surface area (Å²) in [5, 5.41) is 4.68. The molecule has 0 saturated carbocycles. The van der Waals surface area contributed by atoms with Gasteiger partial charge in [0.2, 0.25) is 0 Å². The highest BCUT2D eigenvalue weighted by Gasteiger charge is 2.19. The molecule has 0 unspecified atom stereocenters. The molecule has 0 aliphatic heterocycles. The molecule has 0 spiro atoms. The van der Waals surface area contributed by atoms with Crippen molar-refractivity contribution >= 4 is 38.2 Å². The monoisotopic (exact) mass is 646 g/mol. The van der Waals surface area contributed by atoms with Crippen molar-refractivity contribution in [2.75, 3.05) is 0 Å². The molecule has 1 aliphatic rings. The van der Waals surface area contributed by atoms with Gasteiger partial charge in [-0.15, -0.1) is 0 Å². The van der Waals surface area contributed by atoms with Gasteiger partial charge in [-0.05, 0) is 80.9 Å². The Morgan fingerprint density at radius 1 is 0.520 bits per heavy atom. The number of fused-ring (bicyclic) bond motifs is 3. The SMILES string of the molecule is Cn1c(=O)n(C)c2cc(-c3c4ccccc4c(-c4cccc(-c5cc(-c6ccccc6)nc(C6=CCCC=C6)n5)c4)c4ccccc34)ccc21. The van der Waals surface area contributed by atoms with E-state index in [1.807, 2.05) is 20.2 Å². The standard InChI is InChI=1S/C45H34N4O/c1-48-40-25-24-33(27-41(40)49(2)45(48)50)43-36-22-11-9-20-34(36)42(35-21-10-12-23-37(35)43)32-19-13-18-31(26-32)39-28-38(29-14-5-3-6-15-29)46-44(47-39)30-16-7-4-8-17-30/h3,5-7,9-28H,4,8H2,1-2H3. The summed E-state index contributed by atoms with van der Waals surface area (Å²) in [6, 6.07) is 44.9. The third-order valence-electron chi connectivity index (χ3n) is 9.99. The summed E-state index contributed by atoms with van der Waals surface area (Å²) in [7, 11) is 3.67. The Kier molecular flexibility index (Phi) is 7.13. The van der Waals surface area contributed by atoms with Crippen molar-refractivity contribution in [3.8, 4) is 44.8 Å². The zero-order valence-electron chi connectivity index (χ0n) is 28.0. The van der Waals surface area contributed by atoms with Crippen molar-refractivity contribution in [1.82, 2.24) is 19.1 Å². The molecule has 0 fully saturated rings. The van der Waals surface area contributed by atoms with Gasteiger partial charge in [0, 0.05) is 30.8 Å². The molecule has 0 bridgehead atoms. The first-order chi connectivity index (χ1) is 24.5. The molecule has 5 heteroatoms. The molecule has 5 nitrogen and oxygen atoms in total. The molecule has 0 saturated heterocycles. The molecule has 240 valence electrons. The van der Waals surface area contributed by atoms with E-state index in [0.29, 0.717) is 0 Å². The number of nitrogens with zero attached hydrogens (tertiary/aromatic N) is 4. The van der Waals surface area contributed by atoms with Crippen molar-refractivity contribution in [3.63, 3.8) is 0 Å². The van der Waals surface area contributed by atoms with E-state index in [-0.39, 0.29) is 5.69 Å². The average Bonchev–Trinajstić information content (AvgIpc) is 3.40. The van der Waals surface area contributed by atoms with Gasteiger partial charge in [-0.3, -0.25) is 9.13 Å². The summed E-state index contributed by atoms with van der Waals surface area (Å²) in [5.41, 5.74) is 11.3. The van der Waals surface area contributed by atoms with Gasteiger partial charge in [-0.1, -0.05) is 121 Å². The molecular weight excluding hydrogens is 613 g/mol. The molecule has 50 heavy (non-hydrogen) atoms. The van der Waals surface area contributed by atoms with Crippen LogP contribution in [0, 0.1) is 0 Å². The van der Waals surface area contributed by atoms with Crippen LogP contribution in [0.1, 0.15) is 18.7 Å². The molecule has 0 radical (unpaired) electrons. The van der Waals surface area contributed by atoms with Crippen molar-refractivity contribution < 1.29 is 0 Å². The van der Waals surface area contributed by atoms with Gasteiger partial charge >= 0.3 is 5.69 Å². The highest BCUT2D eigenvalue weighted by Crippen LogP contribution is 2.44. The molecule has 2 aromatic heterocycles. The van der Waals surface area contributed by atoms with E-state index in [2.05, 4.69) is 140 Å². The van der Waals surface area contributed by atoms with E-state index in [0.717, 1.165) is 74.5 Å². The first-order valence-corrected chi connectivity index (χ1v) is 17.1. The van der Waals surface area contributed by atoms with Gasteiger partial charge in [0.05, 0.1) is 22.4 Å². The van der Waals surface area contributed by atoms with Crippen LogP contribution in [-0.2, 0) is 14.1 Å². The second kappa shape index (κ2) is 12.0. The van der Waals surface area contributed by atoms with Gasteiger partial charge < -0.3 is 0 Å². The van der Waals surface area contributed by atoms with Gasteiger partial charge in [-0.25, -0.2) is 14.8 Å². The zero-order valence-corrected chi connectivity index (χ0v) is 28.0. The van der Waals surface area contributed by atoms with E-state index >= 15 is 0 Å². The van der Waals surface area contributed by atoms with Gasteiger partial charge in [0.15, 0.2) is 5.82 Å². The summed E-state index contributed by atoms with van der Waals surface area (Å²) >= 11 is 0. The van der Waals surface area contributed by atoms with Crippen molar-refractivity contribution in [2.45, 2.75) is 12.8 Å². The quantitative estimate of drug-likeness (QED) is 0.175. The summed E-state index contributed by atoms with van der Waals surface area (Å²) in [5.74, 6) is 0.746. The molecule has 2 heterocycles. The van der Waals surface area contributed by atoms with E-state index in [4.69, 9.17) is 9.97 Å². The maximum absolute atomic E-state index is 12.8. The summed E-state index contributed by atoms with van der Waals surface area (Å²) in [6.07, 6.45) is 8.61. The van der Waals surface area contributed by atoms with E-state index in [1.165, 1.54) is 27.1 Å². The minimum atomic E-state index is -0.0271. The lowest BCUT2D eigenvalue weighted by Gasteiger charge is -2.18. The van der Waals surface area contributed by atoms with Crippen LogP contribution in [0.3, 0.4) is 0 Å². The van der Waals surface area contributed by atoms with Crippen LogP contribution in [0.4, 0.5) is 0 Å². The number of rotatable bonds is 5. The fourth-order valence-electron chi connectivity index (χ4n) is 7.51. The minimum absolute atomic E-state index is 0.0271. The lowest BCUT2D eigenvalue weighted by atomic mass is 9.85. The fraction of sp³-hybridized carbons (Fsp3) is 0.0889. The Balaban J connectivity index is 1.26. The molecule has 0 amide bonds. The predicted octanol–water partition coefficient (Wildman–Crippen LogP) is 10.4. The Bertz CT molecular complexity index is 2690. The van der Waals surface area contributed by atoms with E-state index < -0.39 is 0 Å². The van der Waals surface area contributed by atoms with Crippen molar-refractivity contribution in [1.29, 1.82) is 0 Å². The number of allylic oxidation sites excluding steroid dienone is 4. The Labute approximate surface area is 290 Å². The van der Waals surface area contributed by atoms with Crippen LogP contribution in [0.15, 0.2) is 150 Å². The van der Waals surface area contributed by atoms with Gasteiger partial charge in [0.1, 0.15) is 0 Å². The highest BCUT2D eigenvalue weighted by atomic mass is 16.1. The second-order valence-electron chi connectivity index (χ2n) is 13.0. The number of aryl methyl sites for hydroxylation is 2. The van der Waals surface area contributed by atoms with Crippen molar-refractivity contribution in [2.24, 2.45) is 14.1 Å². The molecule has 9 rings (SSSR count). The number of benzene rings is 6. The third kappa shape index (κ3) is 4.89. The first-order valence-electron chi connectivity index (χ1n) is 17.1. The smallest absolute Gasteiger partial charge is 0.295 e. The normalized spacial score (nSPS) is 13.0. The van der Waals surface area contributed by atoms with Crippen LogP contribution >= 0.6 is 0 Å². The maximum Gasteiger partial charge on any atom is 0.328 e. The number of imidazole rings is 1. The number of aromatic nitrogens is 4. The van der Waals surface area contributed by atoms with E-state index in [1.54, 1.807) is 9.13 Å². The Hall–Kier alpha value is -6.33. The molecule has 1 aliphatic carbocycles. The lowest BCUT2D eigenvalue weighted by Crippen LogP contribution is -2.19. The van der Waals surface area contributed by atoms with Crippen molar-refractivity contribution in [3.05, 3.63) is 162 Å². The van der Waals surface area contributed by atoms with Crippen LogP contribution in [0.5, 0.6) is 0 Å². The second-order valence-corrected chi connectivity index (χ2v) is 13.0. The molecule has 0 N–H and O–H groups in total. The molecule has 8 aromatic rings. The van der Waals surface area contributed by atoms with Crippen LogP contribution in [0.25, 0.3) is 82.9 Å². The van der Waals surface area contributed by atoms with Gasteiger partial charge in [-0.2, -0.15) is 0 Å². The maximum atomic E-state index is 12.8. The van der Waals surface area contributed by atoms with Crippen LogP contribution < -0.4 is 5.69 Å². The zero-order chi connectivity index (χ0) is 33.8. The molecule has 6 aromatic carbocycles.